The van der Waals surface area contributed by atoms with Crippen molar-refractivity contribution in [3.05, 3.63) is 28.7 Å². The molecule has 2 aromatic rings. The second-order valence-corrected chi connectivity index (χ2v) is 7.15. The van der Waals surface area contributed by atoms with Crippen molar-refractivity contribution in [2.24, 2.45) is 7.05 Å². The van der Waals surface area contributed by atoms with Gasteiger partial charge in [-0.25, -0.2) is 0 Å². The summed E-state index contributed by atoms with van der Waals surface area (Å²) in [5.74, 6) is 1.62. The zero-order valence-corrected chi connectivity index (χ0v) is 15.7. The fraction of sp³-hybridized carbons (Fsp3) is 0.667. The van der Waals surface area contributed by atoms with E-state index in [1.54, 1.807) is 0 Å². The van der Waals surface area contributed by atoms with Crippen LogP contribution in [0.2, 0.25) is 0 Å². The summed E-state index contributed by atoms with van der Waals surface area (Å²) in [6.07, 6.45) is 2.92. The van der Waals surface area contributed by atoms with E-state index in [9.17, 15) is 4.79 Å². The highest BCUT2D eigenvalue weighted by Gasteiger charge is 2.33. The molecule has 1 saturated heterocycles. The molecule has 1 atom stereocenters. The number of nitrogens with zero attached hydrogens (tertiary/aromatic N) is 5. The van der Waals surface area contributed by atoms with Crippen LogP contribution < -0.4 is 0 Å². The summed E-state index contributed by atoms with van der Waals surface area (Å²) in [6, 6.07) is 0.134. The first-order valence-corrected chi connectivity index (χ1v) is 9.00. The maximum atomic E-state index is 12.8. The molecule has 3 rings (SSSR count). The Bertz CT molecular complexity index is 762. The normalized spacial score (nSPS) is 17.7. The van der Waals surface area contributed by atoms with Crippen LogP contribution in [-0.2, 0) is 18.3 Å². The van der Waals surface area contributed by atoms with Gasteiger partial charge >= 0.3 is 0 Å². The fourth-order valence-corrected chi connectivity index (χ4v) is 3.60. The summed E-state index contributed by atoms with van der Waals surface area (Å²) in [6.45, 7) is 8.94. The Hall–Kier alpha value is -2.18. The van der Waals surface area contributed by atoms with Crippen molar-refractivity contribution in [1.82, 2.24) is 24.8 Å². The Morgan fingerprint density at radius 3 is 2.72 bits per heavy atom. The predicted octanol–water partition coefficient (Wildman–Crippen LogP) is 2.84. The minimum atomic E-state index is 0.134. The number of amides is 1. The van der Waals surface area contributed by atoms with Gasteiger partial charge in [-0.05, 0) is 26.7 Å². The molecule has 0 bridgehead atoms. The van der Waals surface area contributed by atoms with E-state index in [4.69, 9.17) is 4.52 Å². The summed E-state index contributed by atoms with van der Waals surface area (Å²) in [5, 5.41) is 8.46. The van der Waals surface area contributed by atoms with Crippen molar-refractivity contribution in [3.63, 3.8) is 0 Å². The fourth-order valence-electron chi connectivity index (χ4n) is 3.60. The Labute approximate surface area is 148 Å². The van der Waals surface area contributed by atoms with Crippen LogP contribution >= 0.6 is 0 Å². The van der Waals surface area contributed by atoms with Gasteiger partial charge in [0.15, 0.2) is 5.82 Å². The molecule has 1 aliphatic rings. The van der Waals surface area contributed by atoms with Crippen molar-refractivity contribution >= 4 is 5.91 Å². The van der Waals surface area contributed by atoms with E-state index < -0.39 is 0 Å². The number of aromatic nitrogens is 4. The lowest BCUT2D eigenvalue weighted by Gasteiger charge is -2.25. The molecule has 1 aliphatic heterocycles. The lowest BCUT2D eigenvalue weighted by molar-refractivity contribution is -0.132. The van der Waals surface area contributed by atoms with Crippen molar-refractivity contribution in [1.29, 1.82) is 0 Å². The summed E-state index contributed by atoms with van der Waals surface area (Å²) < 4.78 is 7.15. The van der Waals surface area contributed by atoms with Crippen LogP contribution in [0.15, 0.2) is 4.52 Å². The highest BCUT2D eigenvalue weighted by molar-refractivity contribution is 5.77. The van der Waals surface area contributed by atoms with Crippen LogP contribution in [0, 0.1) is 13.8 Å². The Morgan fingerprint density at radius 1 is 1.36 bits per heavy atom. The molecule has 1 amide bonds. The van der Waals surface area contributed by atoms with Gasteiger partial charge in [0.25, 0.3) is 0 Å². The van der Waals surface area contributed by atoms with Gasteiger partial charge in [-0.1, -0.05) is 19.0 Å². The van der Waals surface area contributed by atoms with Crippen molar-refractivity contribution in [2.45, 2.75) is 65.3 Å². The minimum Gasteiger partial charge on any atom is -0.339 e. The van der Waals surface area contributed by atoms with Gasteiger partial charge in [-0.2, -0.15) is 10.1 Å². The van der Waals surface area contributed by atoms with E-state index in [1.165, 1.54) is 5.56 Å². The third kappa shape index (κ3) is 3.45. The van der Waals surface area contributed by atoms with E-state index in [0.29, 0.717) is 24.6 Å². The zero-order valence-electron chi connectivity index (χ0n) is 15.7. The second kappa shape index (κ2) is 6.98. The summed E-state index contributed by atoms with van der Waals surface area (Å²) >= 11 is 0. The van der Waals surface area contributed by atoms with Crippen LogP contribution in [0.4, 0.5) is 0 Å². The largest absolute Gasteiger partial charge is 0.339 e. The molecule has 2 aromatic heterocycles. The monoisotopic (exact) mass is 345 g/mol. The van der Waals surface area contributed by atoms with Crippen LogP contribution in [0.1, 0.15) is 73.7 Å². The average Bonchev–Trinajstić information content (AvgIpc) is 3.26. The van der Waals surface area contributed by atoms with Gasteiger partial charge in [0.2, 0.25) is 11.8 Å². The maximum absolute atomic E-state index is 12.8. The second-order valence-electron chi connectivity index (χ2n) is 7.15. The van der Waals surface area contributed by atoms with Gasteiger partial charge < -0.3 is 9.42 Å². The first kappa shape index (κ1) is 17.6. The van der Waals surface area contributed by atoms with Crippen LogP contribution in [-0.4, -0.2) is 37.3 Å². The van der Waals surface area contributed by atoms with E-state index in [1.807, 2.05) is 37.4 Å². The number of carbonyl (C=O) groups is 1. The Kier molecular flexibility index (Phi) is 4.92. The first-order valence-electron chi connectivity index (χ1n) is 9.00. The molecule has 1 fully saturated rings. The number of carbonyl (C=O) groups excluding carboxylic acids is 1. The number of aryl methyl sites for hydroxylation is 3. The molecule has 136 valence electrons. The molecule has 7 heteroatoms. The molecule has 0 N–H and O–H groups in total. The molecule has 3 heterocycles. The molecule has 0 radical (unpaired) electrons. The highest BCUT2D eigenvalue weighted by Crippen LogP contribution is 2.35. The minimum absolute atomic E-state index is 0.134. The zero-order chi connectivity index (χ0) is 18.1. The topological polar surface area (TPSA) is 77.1 Å². The highest BCUT2D eigenvalue weighted by atomic mass is 16.5. The Morgan fingerprint density at radius 2 is 2.12 bits per heavy atom. The van der Waals surface area contributed by atoms with Gasteiger partial charge in [-0.15, -0.1) is 0 Å². The molecule has 0 saturated carbocycles. The van der Waals surface area contributed by atoms with E-state index >= 15 is 0 Å². The summed E-state index contributed by atoms with van der Waals surface area (Å²) in [4.78, 5) is 19.1. The van der Waals surface area contributed by atoms with Crippen molar-refractivity contribution in [2.75, 3.05) is 6.54 Å². The van der Waals surface area contributed by atoms with E-state index in [-0.39, 0.29) is 17.9 Å². The Balaban J connectivity index is 1.68. The lowest BCUT2D eigenvalue weighted by Crippen LogP contribution is -2.31. The van der Waals surface area contributed by atoms with Gasteiger partial charge in [0.05, 0.1) is 11.7 Å². The standard InChI is InChI=1S/C18H27N5O2/c1-11(2)18-19-15(25-21-18)8-9-16(24)23-10-6-7-14(23)17-12(3)20-22(5)13(17)4/h11,14H,6-10H2,1-5H3. The molecule has 0 aromatic carbocycles. The number of hydrogen-bond acceptors (Lipinski definition) is 5. The molecule has 0 spiro atoms. The molecule has 7 nitrogen and oxygen atoms in total. The van der Waals surface area contributed by atoms with Crippen LogP contribution in [0.25, 0.3) is 0 Å². The predicted molar refractivity (Wildman–Crippen MR) is 93.1 cm³/mol. The summed E-state index contributed by atoms with van der Waals surface area (Å²) in [7, 11) is 1.95. The van der Waals surface area contributed by atoms with Crippen LogP contribution in [0.5, 0.6) is 0 Å². The molecule has 0 aliphatic carbocycles. The summed E-state index contributed by atoms with van der Waals surface area (Å²) in [5.41, 5.74) is 3.36. The van der Waals surface area contributed by atoms with Crippen molar-refractivity contribution in [3.8, 4) is 0 Å². The lowest BCUT2D eigenvalue weighted by atomic mass is 10.0. The number of rotatable bonds is 5. The van der Waals surface area contributed by atoms with Gasteiger partial charge in [-0.3, -0.25) is 9.48 Å². The third-order valence-electron chi connectivity index (χ3n) is 5.02. The number of likely N-dealkylation sites (tertiary alicyclic amines) is 1. The molecule has 25 heavy (non-hydrogen) atoms. The molecular formula is C18H27N5O2. The van der Waals surface area contributed by atoms with Gasteiger partial charge in [0, 0.05) is 43.6 Å². The third-order valence-corrected chi connectivity index (χ3v) is 5.02. The molecular weight excluding hydrogens is 318 g/mol. The average molecular weight is 345 g/mol. The van der Waals surface area contributed by atoms with Crippen LogP contribution in [0.3, 0.4) is 0 Å². The SMILES string of the molecule is Cc1nn(C)c(C)c1C1CCCN1C(=O)CCc1nc(C(C)C)no1. The first-order chi connectivity index (χ1) is 11.9. The van der Waals surface area contributed by atoms with E-state index in [0.717, 1.165) is 30.8 Å². The van der Waals surface area contributed by atoms with E-state index in [2.05, 4.69) is 22.2 Å². The maximum Gasteiger partial charge on any atom is 0.227 e. The smallest absolute Gasteiger partial charge is 0.227 e. The van der Waals surface area contributed by atoms with Gasteiger partial charge in [0.1, 0.15) is 0 Å². The quantitative estimate of drug-likeness (QED) is 0.833. The number of hydrogen-bond donors (Lipinski definition) is 0. The molecule has 1 unspecified atom stereocenters. The van der Waals surface area contributed by atoms with Crippen molar-refractivity contribution < 1.29 is 9.32 Å².